The molecule has 2 atom stereocenters. The molecule has 0 bridgehead atoms. The molecule has 1 saturated heterocycles. The minimum atomic E-state index is 0.0835. The van der Waals surface area contributed by atoms with Crippen LogP contribution in [0.25, 0.3) is 0 Å². The smallest absolute Gasteiger partial charge is 0.102 e. The van der Waals surface area contributed by atoms with Gasteiger partial charge in [0.2, 0.25) is 0 Å². The van der Waals surface area contributed by atoms with E-state index in [4.69, 9.17) is 4.84 Å². The average Bonchev–Trinajstić information content (AvgIpc) is 2.42. The summed E-state index contributed by atoms with van der Waals surface area (Å²) in [6.45, 7) is 11.3. The molecular weight excluding hydrogens is 277 g/mol. The number of hydroxylamine groups is 2. The maximum absolute atomic E-state index is 6.41. The van der Waals surface area contributed by atoms with Crippen LogP contribution in [-0.2, 0) is 11.0 Å². The number of piperidine rings is 1. The van der Waals surface area contributed by atoms with E-state index in [-0.39, 0.29) is 17.2 Å². The van der Waals surface area contributed by atoms with Crippen molar-refractivity contribution >= 4 is 9.24 Å². The summed E-state index contributed by atoms with van der Waals surface area (Å²) in [6.07, 6.45) is 4.74. The molecule has 0 amide bonds. The monoisotopic (exact) mass is 307 g/mol. The van der Waals surface area contributed by atoms with Gasteiger partial charge in [0.05, 0.1) is 0 Å². The van der Waals surface area contributed by atoms with Crippen molar-refractivity contribution in [1.82, 2.24) is 5.06 Å². The summed E-state index contributed by atoms with van der Waals surface area (Å²) in [7, 11) is 2.77. The van der Waals surface area contributed by atoms with Crippen LogP contribution in [-0.4, -0.2) is 16.1 Å². The Kier molecular flexibility index (Phi) is 5.13. The Morgan fingerprint density at radius 2 is 1.62 bits per heavy atom. The van der Waals surface area contributed by atoms with Crippen molar-refractivity contribution in [2.24, 2.45) is 0 Å². The van der Waals surface area contributed by atoms with Gasteiger partial charge in [0.25, 0.3) is 0 Å². The molecule has 3 heteroatoms. The zero-order valence-electron chi connectivity index (χ0n) is 14.1. The van der Waals surface area contributed by atoms with Gasteiger partial charge in [0, 0.05) is 11.1 Å². The molecule has 118 valence electrons. The van der Waals surface area contributed by atoms with Crippen molar-refractivity contribution in [1.29, 1.82) is 0 Å². The van der Waals surface area contributed by atoms with E-state index >= 15 is 0 Å². The lowest BCUT2D eigenvalue weighted by atomic mass is 9.82. The summed E-state index contributed by atoms with van der Waals surface area (Å²) < 4.78 is 0. The van der Waals surface area contributed by atoms with Crippen LogP contribution >= 0.6 is 9.24 Å². The van der Waals surface area contributed by atoms with Crippen molar-refractivity contribution < 1.29 is 4.84 Å². The van der Waals surface area contributed by atoms with Gasteiger partial charge in [-0.1, -0.05) is 24.3 Å². The quantitative estimate of drug-likeness (QED) is 0.718. The Morgan fingerprint density at radius 3 is 2.10 bits per heavy atom. The number of hydrogen-bond donors (Lipinski definition) is 0. The molecule has 1 fully saturated rings. The first-order valence-corrected chi connectivity index (χ1v) is 8.84. The van der Waals surface area contributed by atoms with Gasteiger partial charge >= 0.3 is 0 Å². The molecule has 21 heavy (non-hydrogen) atoms. The van der Waals surface area contributed by atoms with Crippen LogP contribution in [0.5, 0.6) is 0 Å². The molecule has 2 rings (SSSR count). The lowest BCUT2D eigenvalue weighted by Crippen LogP contribution is -2.58. The number of benzene rings is 1. The normalized spacial score (nSPS) is 23.0. The summed E-state index contributed by atoms with van der Waals surface area (Å²) >= 11 is 0. The van der Waals surface area contributed by atoms with Gasteiger partial charge in [-0.3, -0.25) is 4.84 Å². The second-order valence-corrected chi connectivity index (χ2v) is 7.87. The van der Waals surface area contributed by atoms with E-state index < -0.39 is 0 Å². The molecule has 0 radical (unpaired) electrons. The van der Waals surface area contributed by atoms with Crippen LogP contribution in [0.4, 0.5) is 0 Å². The molecular formula is C18H30NOP. The molecule has 0 saturated carbocycles. The van der Waals surface area contributed by atoms with Crippen molar-refractivity contribution in [3.05, 3.63) is 35.4 Å². The highest BCUT2D eigenvalue weighted by Crippen LogP contribution is 2.40. The van der Waals surface area contributed by atoms with E-state index in [2.05, 4.69) is 73.2 Å². The number of hydrogen-bond acceptors (Lipinski definition) is 2. The van der Waals surface area contributed by atoms with Gasteiger partial charge < -0.3 is 0 Å². The van der Waals surface area contributed by atoms with Gasteiger partial charge in [0.1, 0.15) is 6.10 Å². The van der Waals surface area contributed by atoms with Crippen LogP contribution < -0.4 is 0 Å². The summed E-state index contributed by atoms with van der Waals surface area (Å²) in [4.78, 5) is 6.41. The third kappa shape index (κ3) is 3.86. The van der Waals surface area contributed by atoms with E-state index in [1.165, 1.54) is 30.4 Å². The maximum Gasteiger partial charge on any atom is 0.102 e. The predicted molar refractivity (Wildman–Crippen MR) is 93.2 cm³/mol. The molecule has 0 aliphatic carbocycles. The van der Waals surface area contributed by atoms with Crippen molar-refractivity contribution in [3.63, 3.8) is 0 Å². The van der Waals surface area contributed by atoms with Gasteiger partial charge in [-0.2, -0.15) is 5.06 Å². The van der Waals surface area contributed by atoms with Crippen molar-refractivity contribution in [2.75, 3.05) is 0 Å². The third-order valence-electron chi connectivity index (χ3n) is 4.63. The van der Waals surface area contributed by atoms with Crippen LogP contribution in [0.3, 0.4) is 0 Å². The second-order valence-electron chi connectivity index (χ2n) is 7.47. The van der Waals surface area contributed by atoms with Crippen LogP contribution in [0, 0.1) is 0 Å². The highest BCUT2D eigenvalue weighted by Gasteiger charge is 2.43. The number of rotatable bonds is 4. The Balaban J connectivity index is 2.14. The molecule has 0 spiro atoms. The van der Waals surface area contributed by atoms with Gasteiger partial charge in [-0.05, 0) is 71.2 Å². The molecule has 1 aromatic carbocycles. The van der Waals surface area contributed by atoms with Crippen molar-refractivity contribution in [3.8, 4) is 0 Å². The van der Waals surface area contributed by atoms with Crippen LogP contribution in [0.15, 0.2) is 24.3 Å². The van der Waals surface area contributed by atoms with E-state index in [1.807, 2.05) is 0 Å². The van der Waals surface area contributed by atoms with E-state index in [0.717, 1.165) is 6.16 Å². The predicted octanol–water partition coefficient (Wildman–Crippen LogP) is 5.10. The fraction of sp³-hybridized carbons (Fsp3) is 0.667. The highest BCUT2D eigenvalue weighted by molar-refractivity contribution is 7.15. The summed E-state index contributed by atoms with van der Waals surface area (Å²) in [5.41, 5.74) is 2.77. The lowest BCUT2D eigenvalue weighted by Gasteiger charge is -2.52. The molecule has 0 aromatic heterocycles. The standard InChI is InChI=1S/C18H30NOP/c1-14(16-9-7-15(13-21)8-10-16)20-19-17(2,3)11-6-12-18(19,4)5/h7-10,14H,6,11-13,21H2,1-5H3. The Morgan fingerprint density at radius 1 is 1.10 bits per heavy atom. The summed E-state index contributed by atoms with van der Waals surface area (Å²) in [5.74, 6) is 0. The number of nitrogens with zero attached hydrogens (tertiary/aromatic N) is 1. The van der Waals surface area contributed by atoms with E-state index in [0.29, 0.717) is 0 Å². The summed E-state index contributed by atoms with van der Waals surface area (Å²) in [5, 5.41) is 2.25. The first-order valence-electron chi connectivity index (χ1n) is 8.02. The van der Waals surface area contributed by atoms with Gasteiger partial charge in [0.15, 0.2) is 0 Å². The Labute approximate surface area is 132 Å². The van der Waals surface area contributed by atoms with Gasteiger partial charge in [-0.15, -0.1) is 9.24 Å². The molecule has 1 aliphatic heterocycles. The fourth-order valence-corrected chi connectivity index (χ4v) is 3.68. The van der Waals surface area contributed by atoms with Crippen LogP contribution in [0.2, 0.25) is 0 Å². The molecule has 2 unspecified atom stereocenters. The Bertz CT molecular complexity index is 451. The average molecular weight is 307 g/mol. The third-order valence-corrected chi connectivity index (χ3v) is 5.10. The van der Waals surface area contributed by atoms with E-state index in [9.17, 15) is 0 Å². The maximum atomic E-state index is 6.41. The molecule has 1 aromatic rings. The fourth-order valence-electron chi connectivity index (χ4n) is 3.41. The van der Waals surface area contributed by atoms with Crippen LogP contribution in [0.1, 0.15) is 71.1 Å². The largest absolute Gasteiger partial charge is 0.290 e. The van der Waals surface area contributed by atoms with Crippen molar-refractivity contribution in [2.45, 2.75) is 77.2 Å². The molecule has 1 aliphatic rings. The minimum absolute atomic E-state index is 0.0835. The highest BCUT2D eigenvalue weighted by atomic mass is 31.0. The first kappa shape index (κ1) is 16.9. The minimum Gasteiger partial charge on any atom is -0.290 e. The first-order chi connectivity index (χ1) is 9.76. The zero-order valence-corrected chi connectivity index (χ0v) is 15.3. The van der Waals surface area contributed by atoms with E-state index in [1.54, 1.807) is 0 Å². The lowest BCUT2D eigenvalue weighted by molar-refractivity contribution is -0.304. The molecule has 1 heterocycles. The second kappa shape index (κ2) is 6.36. The topological polar surface area (TPSA) is 12.5 Å². The SMILES string of the molecule is CC(ON1C(C)(C)CCCC1(C)C)c1ccc(CP)cc1. The zero-order chi connectivity index (χ0) is 15.7. The Hall–Kier alpha value is -0.430. The molecule has 2 nitrogen and oxygen atoms in total. The molecule has 0 N–H and O–H groups in total. The van der Waals surface area contributed by atoms with Gasteiger partial charge in [-0.25, -0.2) is 0 Å². The summed E-state index contributed by atoms with van der Waals surface area (Å²) in [6, 6.07) is 8.76.